The van der Waals surface area contributed by atoms with Crippen LogP contribution in [-0.2, 0) is 35.1 Å². The molecule has 204 valence electrons. The molecule has 1 amide bonds. The van der Waals surface area contributed by atoms with Crippen molar-refractivity contribution in [2.75, 3.05) is 6.61 Å². The third kappa shape index (κ3) is 14.7. The zero-order valence-electron chi connectivity index (χ0n) is 23.4. The monoisotopic (exact) mass is 507 g/mol. The highest BCUT2D eigenvalue weighted by Gasteiger charge is 2.34. The molecule has 1 N–H and O–H groups in total. The fourth-order valence-electron chi connectivity index (χ4n) is 3.23. The van der Waals surface area contributed by atoms with Gasteiger partial charge >= 0.3 is 18.0 Å². The van der Waals surface area contributed by atoms with Crippen LogP contribution in [0.4, 0.5) is 4.79 Å². The Balaban J connectivity index is 2.93. The maximum Gasteiger partial charge on any atom is 0.408 e. The van der Waals surface area contributed by atoms with E-state index in [0.717, 1.165) is 5.56 Å². The van der Waals surface area contributed by atoms with E-state index in [1.165, 1.54) is 0 Å². The van der Waals surface area contributed by atoms with Gasteiger partial charge in [0.25, 0.3) is 0 Å². The molecule has 0 spiro atoms. The van der Waals surface area contributed by atoms with E-state index >= 15 is 0 Å². The molecule has 0 aliphatic heterocycles. The summed E-state index contributed by atoms with van der Waals surface area (Å²) in [5.74, 6) is -1.73. The number of benzene rings is 1. The second kappa shape index (κ2) is 13.6. The van der Waals surface area contributed by atoms with E-state index in [1.807, 2.05) is 30.3 Å². The van der Waals surface area contributed by atoms with Gasteiger partial charge in [-0.25, -0.2) is 9.59 Å². The fourth-order valence-corrected chi connectivity index (χ4v) is 3.23. The standard InChI is InChI=1S/C28H45NO7/c1-26(2,3)34-23(30)21(16-13-17-33-19-20-14-11-10-12-15-20)18-22(24(31)35-27(4,5)6)29-25(32)36-28(7,8)9/h10-12,14-15,21-22H,13,16-19H2,1-9H3,(H,29,32). The van der Waals surface area contributed by atoms with E-state index in [4.69, 9.17) is 18.9 Å². The predicted molar refractivity (Wildman–Crippen MR) is 138 cm³/mol. The van der Waals surface area contributed by atoms with Gasteiger partial charge in [-0.05, 0) is 87.1 Å². The van der Waals surface area contributed by atoms with Crippen LogP contribution in [0.3, 0.4) is 0 Å². The van der Waals surface area contributed by atoms with Gasteiger partial charge in [-0.2, -0.15) is 0 Å². The molecule has 0 bridgehead atoms. The number of rotatable bonds is 11. The van der Waals surface area contributed by atoms with Gasteiger partial charge in [-0.15, -0.1) is 0 Å². The summed E-state index contributed by atoms with van der Waals surface area (Å²) in [5, 5.41) is 2.59. The van der Waals surface area contributed by atoms with Gasteiger partial charge in [0.15, 0.2) is 0 Å². The minimum absolute atomic E-state index is 0.0156. The van der Waals surface area contributed by atoms with Crippen LogP contribution < -0.4 is 5.32 Å². The highest BCUT2D eigenvalue weighted by atomic mass is 16.6. The lowest BCUT2D eigenvalue weighted by Gasteiger charge is -2.29. The van der Waals surface area contributed by atoms with E-state index < -0.39 is 46.8 Å². The number of hydrogen-bond acceptors (Lipinski definition) is 7. The van der Waals surface area contributed by atoms with Crippen LogP contribution in [0.1, 0.15) is 87.1 Å². The molecule has 0 saturated carbocycles. The van der Waals surface area contributed by atoms with Crippen molar-refractivity contribution in [2.45, 2.75) is 111 Å². The van der Waals surface area contributed by atoms with Gasteiger partial charge in [0.1, 0.15) is 22.8 Å². The van der Waals surface area contributed by atoms with Gasteiger partial charge in [0.2, 0.25) is 0 Å². The van der Waals surface area contributed by atoms with E-state index in [1.54, 1.807) is 62.3 Å². The molecule has 1 aromatic carbocycles. The van der Waals surface area contributed by atoms with Gasteiger partial charge in [0, 0.05) is 6.61 Å². The lowest BCUT2D eigenvalue weighted by atomic mass is 9.94. The van der Waals surface area contributed by atoms with Crippen LogP contribution in [-0.4, -0.2) is 47.5 Å². The van der Waals surface area contributed by atoms with Gasteiger partial charge in [0.05, 0.1) is 12.5 Å². The largest absolute Gasteiger partial charge is 0.460 e. The first kappa shape index (κ1) is 31.4. The summed E-state index contributed by atoms with van der Waals surface area (Å²) in [6.45, 7) is 16.7. The van der Waals surface area contributed by atoms with E-state index in [9.17, 15) is 14.4 Å². The third-order valence-corrected chi connectivity index (χ3v) is 4.60. The molecule has 8 heteroatoms. The van der Waals surface area contributed by atoms with Crippen molar-refractivity contribution in [3.05, 3.63) is 35.9 Å². The number of esters is 2. The molecule has 0 radical (unpaired) electrons. The third-order valence-electron chi connectivity index (χ3n) is 4.60. The molecule has 0 aromatic heterocycles. The van der Waals surface area contributed by atoms with E-state index in [2.05, 4.69) is 5.32 Å². The molecule has 8 nitrogen and oxygen atoms in total. The Bertz CT molecular complexity index is 832. The fraction of sp³-hybridized carbons (Fsp3) is 0.679. The highest BCUT2D eigenvalue weighted by molar-refractivity contribution is 5.83. The number of carbonyl (C=O) groups is 3. The summed E-state index contributed by atoms with van der Waals surface area (Å²) < 4.78 is 22.2. The zero-order chi connectivity index (χ0) is 27.6. The number of hydrogen-bond donors (Lipinski definition) is 1. The molecule has 36 heavy (non-hydrogen) atoms. The molecule has 1 rings (SSSR count). The number of amides is 1. The van der Waals surface area contributed by atoms with Gasteiger partial charge < -0.3 is 24.3 Å². The Morgan fingerprint density at radius 3 is 1.83 bits per heavy atom. The first-order valence-electron chi connectivity index (χ1n) is 12.5. The maximum atomic E-state index is 13.0. The first-order valence-corrected chi connectivity index (χ1v) is 12.5. The quantitative estimate of drug-likeness (QED) is 0.237. The molecule has 0 aliphatic rings. The van der Waals surface area contributed by atoms with Crippen molar-refractivity contribution >= 4 is 18.0 Å². The average Bonchev–Trinajstić information content (AvgIpc) is 2.68. The molecular formula is C28H45NO7. The number of carbonyl (C=O) groups excluding carboxylic acids is 3. The van der Waals surface area contributed by atoms with Crippen LogP contribution in [0.15, 0.2) is 30.3 Å². The van der Waals surface area contributed by atoms with Crippen LogP contribution in [0, 0.1) is 5.92 Å². The van der Waals surface area contributed by atoms with E-state index in [0.29, 0.717) is 26.1 Å². The Morgan fingerprint density at radius 2 is 1.31 bits per heavy atom. The summed E-state index contributed by atoms with van der Waals surface area (Å²) in [6.07, 6.45) is 0.248. The Morgan fingerprint density at radius 1 is 0.778 bits per heavy atom. The van der Waals surface area contributed by atoms with E-state index in [-0.39, 0.29) is 6.42 Å². The predicted octanol–water partition coefficient (Wildman–Crippen LogP) is 5.57. The highest BCUT2D eigenvalue weighted by Crippen LogP contribution is 2.22. The minimum atomic E-state index is -1.08. The van der Waals surface area contributed by atoms with Crippen molar-refractivity contribution in [2.24, 2.45) is 5.92 Å². The van der Waals surface area contributed by atoms with Crippen molar-refractivity contribution in [3.63, 3.8) is 0 Å². The van der Waals surface area contributed by atoms with Crippen molar-refractivity contribution in [3.8, 4) is 0 Å². The molecule has 0 aliphatic carbocycles. The van der Waals surface area contributed by atoms with Crippen LogP contribution in [0.2, 0.25) is 0 Å². The lowest BCUT2D eigenvalue weighted by Crippen LogP contribution is -2.47. The topological polar surface area (TPSA) is 100 Å². The summed E-state index contributed by atoms with van der Waals surface area (Å²) in [6, 6.07) is 8.73. The maximum absolute atomic E-state index is 13.0. The van der Waals surface area contributed by atoms with Crippen molar-refractivity contribution in [1.82, 2.24) is 5.32 Å². The normalized spacial score (nSPS) is 13.9. The molecule has 2 unspecified atom stereocenters. The molecular weight excluding hydrogens is 462 g/mol. The summed E-state index contributed by atoms with van der Waals surface area (Å²) in [5.41, 5.74) is -1.15. The van der Waals surface area contributed by atoms with Crippen molar-refractivity contribution < 1.29 is 33.3 Å². The number of ether oxygens (including phenoxy) is 4. The number of nitrogens with one attached hydrogen (secondary N) is 1. The van der Waals surface area contributed by atoms with Gasteiger partial charge in [-0.3, -0.25) is 4.79 Å². The molecule has 1 aromatic rings. The minimum Gasteiger partial charge on any atom is -0.460 e. The molecule has 2 atom stereocenters. The summed E-state index contributed by atoms with van der Waals surface area (Å²) >= 11 is 0. The van der Waals surface area contributed by atoms with Crippen LogP contribution in [0.5, 0.6) is 0 Å². The Kier molecular flexibility index (Phi) is 11.9. The smallest absolute Gasteiger partial charge is 0.408 e. The average molecular weight is 508 g/mol. The first-order chi connectivity index (χ1) is 16.5. The zero-order valence-corrected chi connectivity index (χ0v) is 23.4. The Labute approximate surface area is 216 Å². The molecule has 0 fully saturated rings. The second-order valence-corrected chi connectivity index (χ2v) is 11.9. The molecule has 0 saturated heterocycles. The van der Waals surface area contributed by atoms with Crippen molar-refractivity contribution in [1.29, 1.82) is 0 Å². The molecule has 0 heterocycles. The van der Waals surface area contributed by atoms with Crippen LogP contribution in [0.25, 0.3) is 0 Å². The SMILES string of the molecule is CC(C)(C)OC(=O)NC(CC(CCCOCc1ccccc1)C(=O)OC(C)(C)C)C(=O)OC(C)(C)C. The second-order valence-electron chi connectivity index (χ2n) is 11.9. The van der Waals surface area contributed by atoms with Gasteiger partial charge in [-0.1, -0.05) is 30.3 Å². The number of alkyl carbamates (subject to hydrolysis) is 1. The lowest BCUT2D eigenvalue weighted by molar-refractivity contribution is -0.163. The summed E-state index contributed by atoms with van der Waals surface area (Å²) in [4.78, 5) is 38.5. The van der Waals surface area contributed by atoms with Crippen LogP contribution >= 0.6 is 0 Å². The Hall–Kier alpha value is -2.61. The summed E-state index contributed by atoms with van der Waals surface area (Å²) in [7, 11) is 0.